The molecule has 0 fully saturated rings. The predicted octanol–water partition coefficient (Wildman–Crippen LogP) is 3.68. The third kappa shape index (κ3) is 2.14. The van der Waals surface area contributed by atoms with Gasteiger partial charge in [0.15, 0.2) is 11.6 Å². The SMILES string of the molecule is COc1ccc(C2Cc3cc(F)ccc3N2)cc1F. The van der Waals surface area contributed by atoms with Crippen molar-refractivity contribution in [2.75, 3.05) is 12.4 Å². The van der Waals surface area contributed by atoms with Crippen molar-refractivity contribution in [3.8, 4) is 5.75 Å². The molecule has 2 aromatic carbocycles. The van der Waals surface area contributed by atoms with Crippen LogP contribution < -0.4 is 10.1 Å². The van der Waals surface area contributed by atoms with E-state index in [1.54, 1.807) is 12.1 Å². The Morgan fingerprint density at radius 2 is 2.00 bits per heavy atom. The topological polar surface area (TPSA) is 21.3 Å². The van der Waals surface area contributed by atoms with Crippen LogP contribution in [0.3, 0.4) is 0 Å². The normalized spacial score (nSPS) is 16.9. The van der Waals surface area contributed by atoms with E-state index in [9.17, 15) is 8.78 Å². The number of hydrogen-bond acceptors (Lipinski definition) is 2. The standard InChI is InChI=1S/C15H13F2NO/c1-19-15-5-2-9(7-12(15)17)14-8-10-6-11(16)3-4-13(10)18-14/h2-7,14,18H,8H2,1H3. The maximum absolute atomic E-state index is 13.7. The van der Waals surface area contributed by atoms with Crippen LogP contribution in [0.2, 0.25) is 0 Å². The molecule has 3 rings (SSSR count). The van der Waals surface area contributed by atoms with Gasteiger partial charge in [-0.1, -0.05) is 6.07 Å². The van der Waals surface area contributed by atoms with Gasteiger partial charge < -0.3 is 10.1 Å². The van der Waals surface area contributed by atoms with Crippen LogP contribution in [-0.2, 0) is 6.42 Å². The maximum Gasteiger partial charge on any atom is 0.165 e. The molecule has 1 aliphatic rings. The third-order valence-corrected chi connectivity index (χ3v) is 3.40. The van der Waals surface area contributed by atoms with Crippen LogP contribution in [0.15, 0.2) is 36.4 Å². The molecule has 0 saturated carbocycles. The number of nitrogens with one attached hydrogen (secondary N) is 1. The second kappa shape index (κ2) is 4.53. The Bertz CT molecular complexity index is 628. The van der Waals surface area contributed by atoms with E-state index in [0.29, 0.717) is 6.42 Å². The van der Waals surface area contributed by atoms with Crippen LogP contribution in [0.4, 0.5) is 14.5 Å². The molecule has 19 heavy (non-hydrogen) atoms. The highest BCUT2D eigenvalue weighted by Crippen LogP contribution is 2.35. The van der Waals surface area contributed by atoms with E-state index in [4.69, 9.17) is 4.74 Å². The van der Waals surface area contributed by atoms with E-state index in [2.05, 4.69) is 5.32 Å². The van der Waals surface area contributed by atoms with Gasteiger partial charge in [-0.05, 0) is 47.9 Å². The number of benzene rings is 2. The summed E-state index contributed by atoms with van der Waals surface area (Å²) < 4.78 is 31.7. The molecule has 0 spiro atoms. The highest BCUT2D eigenvalue weighted by molar-refractivity contribution is 5.58. The van der Waals surface area contributed by atoms with Crippen molar-refractivity contribution >= 4 is 5.69 Å². The molecule has 0 aliphatic carbocycles. The average Bonchev–Trinajstić information content (AvgIpc) is 2.81. The van der Waals surface area contributed by atoms with Crippen molar-refractivity contribution in [3.63, 3.8) is 0 Å². The van der Waals surface area contributed by atoms with Gasteiger partial charge in [0.1, 0.15) is 5.82 Å². The number of hydrogen-bond donors (Lipinski definition) is 1. The van der Waals surface area contributed by atoms with Gasteiger partial charge >= 0.3 is 0 Å². The van der Waals surface area contributed by atoms with Crippen LogP contribution in [0.5, 0.6) is 5.75 Å². The lowest BCUT2D eigenvalue weighted by atomic mass is 10.0. The fraction of sp³-hybridized carbons (Fsp3) is 0.200. The summed E-state index contributed by atoms with van der Waals surface area (Å²) in [6.07, 6.45) is 0.652. The molecule has 0 saturated heterocycles. The first-order valence-corrected chi connectivity index (χ1v) is 6.06. The number of rotatable bonds is 2. The van der Waals surface area contributed by atoms with Gasteiger partial charge in [-0.15, -0.1) is 0 Å². The summed E-state index contributed by atoms with van der Waals surface area (Å²) in [5.74, 6) is -0.406. The molecule has 1 unspecified atom stereocenters. The van der Waals surface area contributed by atoms with E-state index < -0.39 is 0 Å². The Kier molecular flexibility index (Phi) is 2.85. The Balaban J connectivity index is 1.88. The summed E-state index contributed by atoms with van der Waals surface area (Å²) in [6.45, 7) is 0. The summed E-state index contributed by atoms with van der Waals surface area (Å²) in [5.41, 5.74) is 2.65. The number of fused-ring (bicyclic) bond motifs is 1. The van der Waals surface area contributed by atoms with Crippen molar-refractivity contribution in [2.24, 2.45) is 0 Å². The summed E-state index contributed by atoms with van der Waals surface area (Å²) in [4.78, 5) is 0. The first-order chi connectivity index (χ1) is 9.17. The fourth-order valence-electron chi connectivity index (χ4n) is 2.43. The zero-order valence-corrected chi connectivity index (χ0v) is 10.4. The van der Waals surface area contributed by atoms with Crippen molar-refractivity contribution < 1.29 is 13.5 Å². The molecule has 1 aliphatic heterocycles. The predicted molar refractivity (Wildman–Crippen MR) is 69.4 cm³/mol. The van der Waals surface area contributed by atoms with Crippen LogP contribution >= 0.6 is 0 Å². The van der Waals surface area contributed by atoms with E-state index in [1.165, 1.54) is 25.3 Å². The van der Waals surface area contributed by atoms with Gasteiger partial charge in [0.2, 0.25) is 0 Å². The minimum absolute atomic E-state index is 0.0304. The van der Waals surface area contributed by atoms with Gasteiger partial charge in [0, 0.05) is 5.69 Å². The minimum Gasteiger partial charge on any atom is -0.494 e. The van der Waals surface area contributed by atoms with Gasteiger partial charge in [-0.2, -0.15) is 0 Å². The second-order valence-electron chi connectivity index (χ2n) is 4.60. The molecule has 0 amide bonds. The number of anilines is 1. The summed E-state index contributed by atoms with van der Waals surface area (Å²) >= 11 is 0. The van der Waals surface area contributed by atoms with Gasteiger partial charge in [-0.25, -0.2) is 8.78 Å². The number of halogens is 2. The lowest BCUT2D eigenvalue weighted by molar-refractivity contribution is 0.386. The molecule has 2 nitrogen and oxygen atoms in total. The molecular formula is C15H13F2NO. The number of ether oxygens (including phenoxy) is 1. The maximum atomic E-state index is 13.7. The van der Waals surface area contributed by atoms with Crippen LogP contribution in [0.1, 0.15) is 17.2 Å². The Labute approximate surface area is 110 Å². The van der Waals surface area contributed by atoms with Crippen molar-refractivity contribution in [1.82, 2.24) is 0 Å². The van der Waals surface area contributed by atoms with E-state index in [-0.39, 0.29) is 23.4 Å². The highest BCUT2D eigenvalue weighted by Gasteiger charge is 2.23. The summed E-state index contributed by atoms with van der Waals surface area (Å²) in [5, 5.41) is 3.27. The molecule has 98 valence electrons. The van der Waals surface area contributed by atoms with Gasteiger partial charge in [0.05, 0.1) is 13.2 Å². The third-order valence-electron chi connectivity index (χ3n) is 3.40. The Morgan fingerprint density at radius 3 is 2.74 bits per heavy atom. The van der Waals surface area contributed by atoms with E-state index in [1.807, 2.05) is 6.07 Å². The highest BCUT2D eigenvalue weighted by atomic mass is 19.1. The van der Waals surface area contributed by atoms with Gasteiger partial charge in [-0.3, -0.25) is 0 Å². The van der Waals surface area contributed by atoms with Crippen LogP contribution in [0.25, 0.3) is 0 Å². The zero-order chi connectivity index (χ0) is 13.4. The van der Waals surface area contributed by atoms with Crippen LogP contribution in [0, 0.1) is 11.6 Å². The second-order valence-corrected chi connectivity index (χ2v) is 4.60. The van der Waals surface area contributed by atoms with E-state index >= 15 is 0 Å². The zero-order valence-electron chi connectivity index (χ0n) is 10.4. The molecular weight excluding hydrogens is 248 g/mol. The summed E-state index contributed by atoms with van der Waals surface area (Å²) in [6, 6.07) is 9.50. The first kappa shape index (κ1) is 12.0. The Morgan fingerprint density at radius 1 is 1.16 bits per heavy atom. The average molecular weight is 261 g/mol. The van der Waals surface area contributed by atoms with Crippen molar-refractivity contribution in [3.05, 3.63) is 59.2 Å². The summed E-state index contributed by atoms with van der Waals surface area (Å²) in [7, 11) is 1.44. The van der Waals surface area contributed by atoms with Gasteiger partial charge in [0.25, 0.3) is 0 Å². The molecule has 1 atom stereocenters. The number of methoxy groups -OCH3 is 1. The largest absolute Gasteiger partial charge is 0.494 e. The quantitative estimate of drug-likeness (QED) is 0.890. The molecule has 4 heteroatoms. The minimum atomic E-state index is -0.385. The molecule has 1 N–H and O–H groups in total. The molecule has 0 radical (unpaired) electrons. The smallest absolute Gasteiger partial charge is 0.165 e. The van der Waals surface area contributed by atoms with Crippen molar-refractivity contribution in [2.45, 2.75) is 12.5 Å². The lowest BCUT2D eigenvalue weighted by Crippen LogP contribution is -2.06. The molecule has 1 heterocycles. The van der Waals surface area contributed by atoms with Crippen molar-refractivity contribution in [1.29, 1.82) is 0 Å². The van der Waals surface area contributed by atoms with Crippen LogP contribution in [-0.4, -0.2) is 7.11 Å². The Hall–Kier alpha value is -2.10. The lowest BCUT2D eigenvalue weighted by Gasteiger charge is -2.12. The molecule has 2 aromatic rings. The molecule has 0 aromatic heterocycles. The monoisotopic (exact) mass is 261 g/mol. The van der Waals surface area contributed by atoms with E-state index in [0.717, 1.165) is 16.8 Å². The first-order valence-electron chi connectivity index (χ1n) is 6.06. The fourth-order valence-corrected chi connectivity index (χ4v) is 2.43. The molecule has 0 bridgehead atoms.